The molecule has 0 aliphatic carbocycles. The molecule has 124 valence electrons. The minimum Gasteiger partial charge on any atom is -0.392 e. The zero-order chi connectivity index (χ0) is 17.1. The molecule has 0 aliphatic heterocycles. The van der Waals surface area contributed by atoms with E-state index in [1.165, 1.54) is 5.56 Å². The molecule has 0 radical (unpaired) electrons. The molecule has 4 rings (SSSR count). The first-order valence-electron chi connectivity index (χ1n) is 8.58. The minimum atomic E-state index is -0.00253. The lowest BCUT2D eigenvalue weighted by atomic mass is 10.1. The predicted molar refractivity (Wildman–Crippen MR) is 99.7 cm³/mol. The second-order valence-electron chi connectivity index (χ2n) is 6.24. The van der Waals surface area contributed by atoms with Crippen molar-refractivity contribution >= 4 is 11.0 Å². The Morgan fingerprint density at radius 2 is 1.44 bits per heavy atom. The number of aliphatic hydroxyl groups excluding tert-OH is 1. The molecule has 0 unspecified atom stereocenters. The summed E-state index contributed by atoms with van der Waals surface area (Å²) >= 11 is 0. The van der Waals surface area contributed by atoms with Gasteiger partial charge in [0.2, 0.25) is 6.33 Å². The van der Waals surface area contributed by atoms with Crippen molar-refractivity contribution in [3.63, 3.8) is 0 Å². The van der Waals surface area contributed by atoms with E-state index in [4.69, 9.17) is 0 Å². The maximum Gasteiger partial charge on any atom is 0.250 e. The van der Waals surface area contributed by atoms with Crippen LogP contribution in [0.3, 0.4) is 0 Å². The molecule has 0 spiro atoms. The topological polar surface area (TPSA) is 29.0 Å². The van der Waals surface area contributed by atoms with E-state index in [2.05, 4.69) is 57.9 Å². The fourth-order valence-electron chi connectivity index (χ4n) is 3.36. The van der Waals surface area contributed by atoms with Crippen LogP contribution in [0.2, 0.25) is 0 Å². The molecular formula is C22H21N2O+. The first-order valence-corrected chi connectivity index (χ1v) is 8.58. The third-order valence-corrected chi connectivity index (χ3v) is 4.61. The molecule has 1 heterocycles. The SMILES string of the molecule is OC[C@H](Cc1ccccc1)[n+]1cn(-c2ccccc2)c2ccccc21. The van der Waals surface area contributed by atoms with E-state index in [9.17, 15) is 5.11 Å². The van der Waals surface area contributed by atoms with Gasteiger partial charge < -0.3 is 5.11 Å². The van der Waals surface area contributed by atoms with E-state index in [-0.39, 0.29) is 12.6 Å². The Kier molecular flexibility index (Phi) is 4.32. The average Bonchev–Trinajstić information content (AvgIpc) is 3.07. The standard InChI is InChI=1S/C22H21N2O/c25-16-20(15-18-9-3-1-4-10-18)24-17-23(19-11-5-2-6-12-19)21-13-7-8-14-22(21)24/h1-14,17,20,25H,15-16H2/q+1/t20-/m0/s1. The summed E-state index contributed by atoms with van der Waals surface area (Å²) in [6.45, 7) is 0.0996. The predicted octanol–water partition coefficient (Wildman–Crippen LogP) is 3.69. The summed E-state index contributed by atoms with van der Waals surface area (Å²) in [6, 6.07) is 29.0. The van der Waals surface area contributed by atoms with Gasteiger partial charge in [0, 0.05) is 6.42 Å². The van der Waals surface area contributed by atoms with E-state index >= 15 is 0 Å². The summed E-state index contributed by atoms with van der Waals surface area (Å²) in [6.07, 6.45) is 2.90. The number of benzene rings is 3. The van der Waals surface area contributed by atoms with Crippen molar-refractivity contribution < 1.29 is 9.67 Å². The Hall–Kier alpha value is -2.91. The number of aromatic nitrogens is 2. The average molecular weight is 329 g/mol. The van der Waals surface area contributed by atoms with Crippen LogP contribution in [0.15, 0.2) is 91.3 Å². The normalized spacial score (nSPS) is 12.4. The van der Waals surface area contributed by atoms with Gasteiger partial charge in [-0.25, -0.2) is 4.57 Å². The van der Waals surface area contributed by atoms with E-state index in [0.29, 0.717) is 0 Å². The fourth-order valence-corrected chi connectivity index (χ4v) is 3.36. The number of nitrogens with zero attached hydrogens (tertiary/aromatic N) is 2. The summed E-state index contributed by atoms with van der Waals surface area (Å²) in [5, 5.41) is 10.0. The zero-order valence-electron chi connectivity index (χ0n) is 14.0. The van der Waals surface area contributed by atoms with Crippen LogP contribution in [0.5, 0.6) is 0 Å². The summed E-state index contributed by atoms with van der Waals surface area (Å²) in [7, 11) is 0. The molecule has 3 heteroatoms. The van der Waals surface area contributed by atoms with Crippen LogP contribution in [0.25, 0.3) is 16.7 Å². The summed E-state index contributed by atoms with van der Waals surface area (Å²) < 4.78 is 4.37. The molecule has 3 aromatic carbocycles. The van der Waals surface area contributed by atoms with Crippen molar-refractivity contribution in [2.24, 2.45) is 0 Å². The number of fused-ring (bicyclic) bond motifs is 1. The molecule has 0 aliphatic rings. The van der Waals surface area contributed by atoms with Crippen molar-refractivity contribution in [1.82, 2.24) is 4.57 Å². The van der Waals surface area contributed by atoms with Gasteiger partial charge in [0.25, 0.3) is 0 Å². The fraction of sp³-hybridized carbons (Fsp3) is 0.136. The molecule has 3 nitrogen and oxygen atoms in total. The number of hydrogen-bond donors (Lipinski definition) is 1. The zero-order valence-corrected chi connectivity index (χ0v) is 14.0. The van der Waals surface area contributed by atoms with E-state index in [1.54, 1.807) is 0 Å². The maximum absolute atomic E-state index is 10.0. The van der Waals surface area contributed by atoms with E-state index in [0.717, 1.165) is 23.1 Å². The third-order valence-electron chi connectivity index (χ3n) is 4.61. The second-order valence-corrected chi connectivity index (χ2v) is 6.24. The Bertz CT molecular complexity index is 961. The Labute approximate surface area is 147 Å². The second kappa shape index (κ2) is 6.91. The number of aliphatic hydroxyl groups is 1. The van der Waals surface area contributed by atoms with Crippen LogP contribution < -0.4 is 4.57 Å². The number of para-hydroxylation sites is 3. The first kappa shape index (κ1) is 15.6. The molecular weight excluding hydrogens is 308 g/mol. The highest BCUT2D eigenvalue weighted by molar-refractivity contribution is 5.74. The summed E-state index contributed by atoms with van der Waals surface area (Å²) in [5.41, 5.74) is 4.61. The highest BCUT2D eigenvalue weighted by Gasteiger charge is 2.23. The molecule has 25 heavy (non-hydrogen) atoms. The van der Waals surface area contributed by atoms with Gasteiger partial charge in [0.1, 0.15) is 11.7 Å². The molecule has 0 bridgehead atoms. The highest BCUT2D eigenvalue weighted by Crippen LogP contribution is 2.19. The van der Waals surface area contributed by atoms with Gasteiger partial charge in [-0.2, -0.15) is 4.57 Å². The maximum atomic E-state index is 10.0. The molecule has 0 saturated heterocycles. The summed E-state index contributed by atoms with van der Waals surface area (Å²) in [4.78, 5) is 0. The summed E-state index contributed by atoms with van der Waals surface area (Å²) in [5.74, 6) is 0. The van der Waals surface area contributed by atoms with Gasteiger partial charge in [0.15, 0.2) is 11.0 Å². The highest BCUT2D eigenvalue weighted by atomic mass is 16.3. The molecule has 1 N–H and O–H groups in total. The molecule has 0 amide bonds. The number of hydrogen-bond acceptors (Lipinski definition) is 1. The lowest BCUT2D eigenvalue weighted by Crippen LogP contribution is -2.41. The molecule has 0 saturated carbocycles. The third kappa shape index (κ3) is 3.06. The Balaban J connectivity index is 1.81. The van der Waals surface area contributed by atoms with Crippen molar-refractivity contribution in [3.8, 4) is 5.69 Å². The van der Waals surface area contributed by atoms with Crippen molar-refractivity contribution in [3.05, 3.63) is 96.8 Å². The molecule has 4 aromatic rings. The quantitative estimate of drug-likeness (QED) is 0.556. The van der Waals surface area contributed by atoms with Gasteiger partial charge in [-0.05, 0) is 29.8 Å². The van der Waals surface area contributed by atoms with Gasteiger partial charge in [0.05, 0.1) is 6.61 Å². The van der Waals surface area contributed by atoms with Gasteiger partial charge in [-0.15, -0.1) is 0 Å². The van der Waals surface area contributed by atoms with Crippen LogP contribution >= 0.6 is 0 Å². The van der Waals surface area contributed by atoms with Gasteiger partial charge in [-0.3, -0.25) is 0 Å². The van der Waals surface area contributed by atoms with E-state index in [1.807, 2.05) is 42.5 Å². The van der Waals surface area contributed by atoms with Crippen LogP contribution in [0.4, 0.5) is 0 Å². The molecule has 0 fully saturated rings. The van der Waals surface area contributed by atoms with Crippen molar-refractivity contribution in [1.29, 1.82) is 0 Å². The molecule has 1 aromatic heterocycles. The monoisotopic (exact) mass is 329 g/mol. The Morgan fingerprint density at radius 1 is 0.800 bits per heavy atom. The van der Waals surface area contributed by atoms with Crippen LogP contribution in [-0.4, -0.2) is 16.3 Å². The lowest BCUT2D eigenvalue weighted by molar-refractivity contribution is -0.700. The van der Waals surface area contributed by atoms with Crippen molar-refractivity contribution in [2.45, 2.75) is 12.5 Å². The van der Waals surface area contributed by atoms with Gasteiger partial charge >= 0.3 is 0 Å². The van der Waals surface area contributed by atoms with Gasteiger partial charge in [-0.1, -0.05) is 60.7 Å². The Morgan fingerprint density at radius 3 is 2.16 bits per heavy atom. The minimum absolute atomic E-state index is 0.00253. The first-order chi connectivity index (χ1) is 12.4. The number of rotatable bonds is 5. The van der Waals surface area contributed by atoms with E-state index < -0.39 is 0 Å². The van der Waals surface area contributed by atoms with Crippen molar-refractivity contribution in [2.75, 3.05) is 6.61 Å². The van der Waals surface area contributed by atoms with Crippen LogP contribution in [0, 0.1) is 0 Å². The van der Waals surface area contributed by atoms with Crippen LogP contribution in [-0.2, 0) is 6.42 Å². The largest absolute Gasteiger partial charge is 0.392 e. The molecule has 1 atom stereocenters. The lowest BCUT2D eigenvalue weighted by Gasteiger charge is -2.11. The van der Waals surface area contributed by atoms with Crippen LogP contribution in [0.1, 0.15) is 11.6 Å². The number of imidazole rings is 1. The smallest absolute Gasteiger partial charge is 0.250 e.